The molecular weight excluding hydrogens is 470 g/mol. The molecular formula is C18H27NO15. The Bertz CT molecular complexity index is 661. The fourth-order valence-corrected chi connectivity index (χ4v) is 2.12. The Morgan fingerprint density at radius 2 is 0.676 bits per heavy atom. The van der Waals surface area contributed by atoms with Crippen LogP contribution in [0.25, 0.3) is 0 Å². The highest BCUT2D eigenvalue weighted by Gasteiger charge is 2.45. The van der Waals surface area contributed by atoms with Gasteiger partial charge in [-0.2, -0.15) is 0 Å². The van der Waals surface area contributed by atoms with Crippen LogP contribution in [0, 0.1) is 0 Å². The van der Waals surface area contributed by atoms with Crippen molar-refractivity contribution in [3.63, 3.8) is 0 Å². The minimum atomic E-state index is -2.59. The quantitative estimate of drug-likeness (QED) is 0.113. The van der Waals surface area contributed by atoms with Crippen molar-refractivity contribution in [3.8, 4) is 0 Å². The number of carbonyl (C=O) groups is 6. The summed E-state index contributed by atoms with van der Waals surface area (Å²) in [5.74, 6) is -10.7. The number of rotatable bonds is 18. The lowest BCUT2D eigenvalue weighted by Gasteiger charge is -2.28. The van der Waals surface area contributed by atoms with Crippen LogP contribution in [-0.4, -0.2) is 128 Å². The topological polar surface area (TPSA) is 255 Å². The van der Waals surface area contributed by atoms with Gasteiger partial charge in [-0.15, -0.1) is 0 Å². The third kappa shape index (κ3) is 7.62. The number of aliphatic carboxylic acids is 6. The summed E-state index contributed by atoms with van der Waals surface area (Å²) in [7, 11) is 0. The summed E-state index contributed by atoms with van der Waals surface area (Å²) in [6, 6.07) is 0. The van der Waals surface area contributed by atoms with E-state index in [1.165, 1.54) is 4.90 Å². The predicted octanol–water partition coefficient (Wildman–Crippen LogP) is -1.88. The molecule has 16 nitrogen and oxygen atoms in total. The van der Waals surface area contributed by atoms with Gasteiger partial charge in [-0.3, -0.25) is 4.90 Å². The van der Waals surface area contributed by atoms with Crippen molar-refractivity contribution in [1.29, 1.82) is 0 Å². The molecule has 0 spiro atoms. The molecule has 0 aromatic heterocycles. The molecule has 0 rings (SSSR count). The second-order valence-electron chi connectivity index (χ2n) is 7.32. The molecule has 16 heteroatoms. The Morgan fingerprint density at radius 1 is 0.500 bits per heavy atom. The van der Waals surface area contributed by atoms with E-state index < -0.39 is 72.4 Å². The van der Waals surface area contributed by atoms with Gasteiger partial charge >= 0.3 is 35.8 Å². The molecule has 0 heterocycles. The molecule has 0 aliphatic rings. The first-order chi connectivity index (χ1) is 15.4. The fourth-order valence-electron chi connectivity index (χ4n) is 2.12. The molecule has 0 amide bonds. The summed E-state index contributed by atoms with van der Waals surface area (Å²) < 4.78 is 14.8. The second-order valence-corrected chi connectivity index (χ2v) is 7.32. The summed E-state index contributed by atoms with van der Waals surface area (Å²) >= 11 is 0. The maximum atomic E-state index is 11.2. The van der Waals surface area contributed by atoms with Gasteiger partial charge in [-0.1, -0.05) is 0 Å². The maximum Gasteiger partial charge on any atom is 0.347 e. The van der Waals surface area contributed by atoms with Gasteiger partial charge in [0, 0.05) is 19.6 Å². The summed E-state index contributed by atoms with van der Waals surface area (Å²) in [5, 5.41) is 54.3. The van der Waals surface area contributed by atoms with E-state index in [0.29, 0.717) is 0 Å². The van der Waals surface area contributed by atoms with Crippen LogP contribution in [0.15, 0.2) is 0 Å². The molecule has 0 aliphatic heterocycles. The first kappa shape index (κ1) is 30.7. The highest BCUT2D eigenvalue weighted by molar-refractivity contribution is 6.02. The standard InChI is InChI=1S/C18H27NO15/c1-16(10(20)21,11(22)23)32-7-4-19(5-8-33-17(2,12(24)25)13(26)27)6-9-34-18(3,14(28)29)15(30)31/h4-9H2,1-3H3,(H,20,21)(H,22,23)(H,24,25)(H,26,27)(H,28,29)(H,30,31). The van der Waals surface area contributed by atoms with Gasteiger partial charge in [0.15, 0.2) is 0 Å². The van der Waals surface area contributed by atoms with E-state index in [1.807, 2.05) is 0 Å². The molecule has 0 saturated heterocycles. The zero-order chi connectivity index (χ0) is 26.9. The van der Waals surface area contributed by atoms with E-state index in [9.17, 15) is 28.8 Å². The summed E-state index contributed by atoms with van der Waals surface area (Å²) in [6.45, 7) is 0.210. The molecule has 0 aliphatic carbocycles. The maximum absolute atomic E-state index is 11.2. The van der Waals surface area contributed by atoms with Crippen LogP contribution in [0.3, 0.4) is 0 Å². The number of nitrogens with zero attached hydrogens (tertiary/aromatic N) is 1. The number of carboxylic acid groups (broad SMARTS) is 6. The molecule has 0 unspecified atom stereocenters. The van der Waals surface area contributed by atoms with Gasteiger partial charge in [0.05, 0.1) is 19.8 Å². The van der Waals surface area contributed by atoms with Gasteiger partial charge in [0.25, 0.3) is 16.8 Å². The Kier molecular flexibility index (Phi) is 11.0. The van der Waals surface area contributed by atoms with Crippen LogP contribution >= 0.6 is 0 Å². The van der Waals surface area contributed by atoms with Crippen LogP contribution in [0.2, 0.25) is 0 Å². The lowest BCUT2D eigenvalue weighted by molar-refractivity contribution is -0.181. The number of ether oxygens (including phenoxy) is 3. The zero-order valence-corrected chi connectivity index (χ0v) is 18.5. The average molecular weight is 497 g/mol. The smallest absolute Gasteiger partial charge is 0.347 e. The van der Waals surface area contributed by atoms with Crippen LogP contribution < -0.4 is 0 Å². The van der Waals surface area contributed by atoms with E-state index in [1.54, 1.807) is 0 Å². The number of carboxylic acids is 6. The van der Waals surface area contributed by atoms with Gasteiger partial charge < -0.3 is 44.8 Å². The van der Waals surface area contributed by atoms with E-state index >= 15 is 0 Å². The van der Waals surface area contributed by atoms with Crippen LogP contribution in [-0.2, 0) is 43.0 Å². The molecule has 34 heavy (non-hydrogen) atoms. The molecule has 0 radical (unpaired) electrons. The van der Waals surface area contributed by atoms with Crippen LogP contribution in [0.4, 0.5) is 0 Å². The number of hydrogen-bond acceptors (Lipinski definition) is 10. The Labute approximate surface area is 192 Å². The molecule has 0 fully saturated rings. The number of hydrogen-bond donors (Lipinski definition) is 6. The Hall–Kier alpha value is -3.34. The van der Waals surface area contributed by atoms with Crippen molar-refractivity contribution in [3.05, 3.63) is 0 Å². The van der Waals surface area contributed by atoms with Crippen molar-refractivity contribution in [2.45, 2.75) is 37.6 Å². The SMILES string of the molecule is CC(OCCN(CCOC(C)(C(=O)O)C(=O)O)CCOC(C)(C(=O)O)C(=O)O)(C(=O)O)C(=O)O. The van der Waals surface area contributed by atoms with Crippen molar-refractivity contribution < 1.29 is 73.6 Å². The minimum Gasteiger partial charge on any atom is -0.479 e. The normalized spacial score (nSPS) is 12.4. The Morgan fingerprint density at radius 3 is 0.824 bits per heavy atom. The van der Waals surface area contributed by atoms with Gasteiger partial charge in [0.2, 0.25) is 0 Å². The first-order valence-corrected chi connectivity index (χ1v) is 9.49. The van der Waals surface area contributed by atoms with E-state index in [0.717, 1.165) is 20.8 Å². The minimum absolute atomic E-state index is 0.226. The molecule has 0 atom stereocenters. The van der Waals surface area contributed by atoms with Gasteiger partial charge in [-0.25, -0.2) is 28.8 Å². The molecule has 0 saturated carbocycles. The molecule has 194 valence electrons. The van der Waals surface area contributed by atoms with Crippen molar-refractivity contribution in [1.82, 2.24) is 4.90 Å². The largest absolute Gasteiger partial charge is 0.479 e. The second kappa shape index (κ2) is 12.2. The highest BCUT2D eigenvalue weighted by Crippen LogP contribution is 2.14. The van der Waals surface area contributed by atoms with Gasteiger partial charge in [-0.05, 0) is 20.8 Å². The summed E-state index contributed by atoms with van der Waals surface area (Å²) in [5.41, 5.74) is -7.76. The monoisotopic (exact) mass is 497 g/mol. The molecule has 0 aromatic carbocycles. The average Bonchev–Trinajstić information content (AvgIpc) is 2.71. The molecule has 0 bridgehead atoms. The lowest BCUT2D eigenvalue weighted by Crippen LogP contribution is -2.50. The molecule has 6 N–H and O–H groups in total. The van der Waals surface area contributed by atoms with Gasteiger partial charge in [0.1, 0.15) is 0 Å². The van der Waals surface area contributed by atoms with Crippen molar-refractivity contribution in [2.75, 3.05) is 39.5 Å². The molecule has 0 aromatic rings. The van der Waals surface area contributed by atoms with Crippen molar-refractivity contribution in [2.24, 2.45) is 0 Å². The summed E-state index contributed by atoms with van der Waals surface area (Å²) in [4.78, 5) is 68.4. The lowest BCUT2D eigenvalue weighted by atomic mass is 10.1. The summed E-state index contributed by atoms with van der Waals surface area (Å²) in [6.07, 6.45) is 0. The van der Waals surface area contributed by atoms with Crippen LogP contribution in [0.1, 0.15) is 20.8 Å². The fraction of sp³-hybridized carbons (Fsp3) is 0.667. The Balaban J connectivity index is 5.32. The van der Waals surface area contributed by atoms with E-state index in [2.05, 4.69) is 0 Å². The van der Waals surface area contributed by atoms with Crippen LogP contribution in [0.5, 0.6) is 0 Å². The third-order valence-corrected chi connectivity index (χ3v) is 4.84. The zero-order valence-electron chi connectivity index (χ0n) is 18.5. The third-order valence-electron chi connectivity index (χ3n) is 4.84. The van der Waals surface area contributed by atoms with E-state index in [4.69, 9.17) is 44.8 Å². The first-order valence-electron chi connectivity index (χ1n) is 9.49. The highest BCUT2D eigenvalue weighted by atomic mass is 16.6. The van der Waals surface area contributed by atoms with Crippen molar-refractivity contribution >= 4 is 35.8 Å². The predicted molar refractivity (Wildman–Crippen MR) is 105 cm³/mol. The van der Waals surface area contributed by atoms with E-state index in [-0.39, 0.29) is 19.6 Å².